The second-order valence-corrected chi connectivity index (χ2v) is 4.57. The molecule has 0 aromatic carbocycles. The summed E-state index contributed by atoms with van der Waals surface area (Å²) in [5.41, 5.74) is 1.04. The Kier molecular flexibility index (Phi) is 4.33. The van der Waals surface area contributed by atoms with Crippen LogP contribution in [0.25, 0.3) is 0 Å². The highest BCUT2D eigenvalue weighted by Gasteiger charge is 2.29. The van der Waals surface area contributed by atoms with Gasteiger partial charge in [0.05, 0.1) is 12.1 Å². The number of methoxy groups -OCH3 is 1. The van der Waals surface area contributed by atoms with Gasteiger partial charge in [0.2, 0.25) is 5.91 Å². The van der Waals surface area contributed by atoms with Crippen molar-refractivity contribution in [1.82, 2.24) is 15.5 Å². The summed E-state index contributed by atoms with van der Waals surface area (Å²) >= 11 is 0. The summed E-state index contributed by atoms with van der Waals surface area (Å²) in [6, 6.07) is 1.69. The zero-order valence-corrected chi connectivity index (χ0v) is 10.8. The van der Waals surface area contributed by atoms with E-state index in [1.54, 1.807) is 7.11 Å². The number of nitrogens with one attached hydrogen (secondary N) is 3. The smallest absolute Gasteiger partial charge is 0.242 e. The van der Waals surface area contributed by atoms with E-state index in [1.165, 1.54) is 0 Å². The van der Waals surface area contributed by atoms with Gasteiger partial charge in [0.25, 0.3) is 0 Å². The van der Waals surface area contributed by atoms with E-state index in [9.17, 15) is 4.79 Å². The number of H-pyrrole nitrogens is 1. The number of nitrogens with zero attached hydrogens (tertiary/aromatic N) is 1. The van der Waals surface area contributed by atoms with Gasteiger partial charge in [-0.25, -0.2) is 0 Å². The van der Waals surface area contributed by atoms with E-state index in [4.69, 9.17) is 4.74 Å². The lowest BCUT2D eigenvalue weighted by molar-refractivity contribution is -0.118. The van der Waals surface area contributed by atoms with Crippen molar-refractivity contribution in [3.05, 3.63) is 11.8 Å². The topological polar surface area (TPSA) is 79.0 Å². The molecule has 1 aliphatic heterocycles. The number of hydrogen-bond donors (Lipinski definition) is 3. The van der Waals surface area contributed by atoms with E-state index in [2.05, 4.69) is 27.8 Å². The van der Waals surface area contributed by atoms with E-state index in [-0.39, 0.29) is 18.1 Å². The highest BCUT2D eigenvalue weighted by molar-refractivity contribution is 5.94. The minimum atomic E-state index is -0.193. The first-order chi connectivity index (χ1) is 8.72. The molecule has 0 aliphatic carbocycles. The van der Waals surface area contributed by atoms with Gasteiger partial charge in [-0.2, -0.15) is 5.10 Å². The molecule has 0 radical (unpaired) electrons. The third-order valence-electron chi connectivity index (χ3n) is 3.14. The monoisotopic (exact) mass is 252 g/mol. The van der Waals surface area contributed by atoms with Gasteiger partial charge in [0.15, 0.2) is 5.82 Å². The number of aryl methyl sites for hydroxylation is 1. The summed E-state index contributed by atoms with van der Waals surface area (Å²) in [4.78, 5) is 12.0. The average Bonchev–Trinajstić information content (AvgIpc) is 2.98. The lowest BCUT2D eigenvalue weighted by Gasteiger charge is -2.09. The fraction of sp³-hybridized carbons (Fsp3) is 0.667. The van der Waals surface area contributed by atoms with E-state index in [1.807, 2.05) is 6.07 Å². The zero-order chi connectivity index (χ0) is 13.0. The number of aromatic amines is 1. The highest BCUT2D eigenvalue weighted by atomic mass is 16.5. The summed E-state index contributed by atoms with van der Waals surface area (Å²) in [5.74, 6) is 0.537. The molecule has 1 fully saturated rings. The van der Waals surface area contributed by atoms with E-state index in [0.717, 1.165) is 25.1 Å². The van der Waals surface area contributed by atoms with Gasteiger partial charge in [-0.05, 0) is 12.8 Å². The molecular formula is C12H20N4O2. The molecular weight excluding hydrogens is 232 g/mol. The zero-order valence-electron chi connectivity index (χ0n) is 10.8. The number of rotatable bonds is 5. The summed E-state index contributed by atoms with van der Waals surface area (Å²) in [6.45, 7) is 2.82. The van der Waals surface area contributed by atoms with Crippen LogP contribution in [0.1, 0.15) is 25.5 Å². The van der Waals surface area contributed by atoms with Crippen molar-refractivity contribution in [3.63, 3.8) is 0 Å². The van der Waals surface area contributed by atoms with Crippen molar-refractivity contribution in [2.45, 2.75) is 38.3 Å². The summed E-state index contributed by atoms with van der Waals surface area (Å²) in [7, 11) is 1.66. The van der Waals surface area contributed by atoms with Crippen LogP contribution in [0.2, 0.25) is 0 Å². The van der Waals surface area contributed by atoms with Crippen molar-refractivity contribution < 1.29 is 9.53 Å². The molecule has 3 N–H and O–H groups in total. The van der Waals surface area contributed by atoms with Crippen LogP contribution in [-0.2, 0) is 16.0 Å². The quantitative estimate of drug-likeness (QED) is 0.720. The van der Waals surface area contributed by atoms with Crippen LogP contribution in [0, 0.1) is 0 Å². The van der Waals surface area contributed by atoms with Crippen molar-refractivity contribution >= 4 is 11.7 Å². The van der Waals surface area contributed by atoms with Crippen molar-refractivity contribution in [3.8, 4) is 0 Å². The molecule has 0 spiro atoms. The molecule has 18 heavy (non-hydrogen) atoms. The van der Waals surface area contributed by atoms with E-state index >= 15 is 0 Å². The Morgan fingerprint density at radius 3 is 3.17 bits per heavy atom. The third kappa shape index (κ3) is 3.08. The lowest BCUT2D eigenvalue weighted by atomic mass is 10.2. The first kappa shape index (κ1) is 13.0. The molecule has 0 saturated carbocycles. The predicted octanol–water partition coefficient (Wildman–Crippen LogP) is 0.678. The average molecular weight is 252 g/mol. The Morgan fingerprint density at radius 1 is 1.67 bits per heavy atom. The fourth-order valence-electron chi connectivity index (χ4n) is 2.12. The molecule has 2 heterocycles. The minimum absolute atomic E-state index is 0.0518. The first-order valence-electron chi connectivity index (χ1n) is 6.34. The molecule has 2 atom stereocenters. The van der Waals surface area contributed by atoms with Crippen LogP contribution in [0.4, 0.5) is 5.82 Å². The molecule has 6 nitrogen and oxygen atoms in total. The van der Waals surface area contributed by atoms with Crippen LogP contribution >= 0.6 is 0 Å². The lowest BCUT2D eigenvalue weighted by Crippen LogP contribution is -2.35. The first-order valence-corrected chi connectivity index (χ1v) is 6.34. The maximum Gasteiger partial charge on any atom is 0.242 e. The van der Waals surface area contributed by atoms with Gasteiger partial charge in [0, 0.05) is 25.4 Å². The van der Waals surface area contributed by atoms with E-state index in [0.29, 0.717) is 12.2 Å². The molecule has 1 aromatic rings. The molecule has 100 valence electrons. The third-order valence-corrected chi connectivity index (χ3v) is 3.14. The molecule has 1 aliphatic rings. The van der Waals surface area contributed by atoms with Crippen molar-refractivity contribution in [2.24, 2.45) is 0 Å². The Bertz CT molecular complexity index is 405. The van der Waals surface area contributed by atoms with Gasteiger partial charge >= 0.3 is 0 Å². The number of hydrogen-bond acceptors (Lipinski definition) is 4. The SMILES string of the molecule is CCCc1cc(NC(=O)C2CC(OC)CN2)n[nH]1. The molecule has 2 unspecified atom stereocenters. The second-order valence-electron chi connectivity index (χ2n) is 4.57. The standard InChI is InChI=1S/C12H20N4O2/c1-3-4-8-5-11(16-15-8)14-12(17)10-6-9(18-2)7-13-10/h5,9-10,13H,3-4,6-7H2,1-2H3,(H2,14,15,16,17). The van der Waals surface area contributed by atoms with Crippen LogP contribution in [0.3, 0.4) is 0 Å². The number of aromatic nitrogens is 2. The van der Waals surface area contributed by atoms with E-state index < -0.39 is 0 Å². The number of ether oxygens (including phenoxy) is 1. The van der Waals surface area contributed by atoms with Gasteiger partial charge in [0.1, 0.15) is 0 Å². The largest absolute Gasteiger partial charge is 0.380 e. The maximum atomic E-state index is 12.0. The number of amides is 1. The minimum Gasteiger partial charge on any atom is -0.380 e. The normalized spacial score (nSPS) is 23.2. The number of anilines is 1. The Hall–Kier alpha value is -1.40. The van der Waals surface area contributed by atoms with Gasteiger partial charge in [-0.3, -0.25) is 9.89 Å². The molecule has 0 bridgehead atoms. The Morgan fingerprint density at radius 2 is 2.50 bits per heavy atom. The molecule has 1 aromatic heterocycles. The van der Waals surface area contributed by atoms with Crippen molar-refractivity contribution in [1.29, 1.82) is 0 Å². The molecule has 1 amide bonds. The second kappa shape index (κ2) is 5.97. The van der Waals surface area contributed by atoms with Crippen LogP contribution in [-0.4, -0.2) is 41.9 Å². The molecule has 2 rings (SSSR count). The van der Waals surface area contributed by atoms with Crippen molar-refractivity contribution in [2.75, 3.05) is 19.0 Å². The summed E-state index contributed by atoms with van der Waals surface area (Å²) in [5, 5.41) is 12.9. The number of carbonyl (C=O) groups is 1. The van der Waals surface area contributed by atoms with Gasteiger partial charge < -0.3 is 15.4 Å². The summed E-state index contributed by atoms with van der Waals surface area (Å²) < 4.78 is 5.21. The van der Waals surface area contributed by atoms with Gasteiger partial charge in [-0.15, -0.1) is 0 Å². The van der Waals surface area contributed by atoms with Crippen LogP contribution < -0.4 is 10.6 Å². The number of carbonyl (C=O) groups excluding carboxylic acids is 1. The van der Waals surface area contributed by atoms with Crippen LogP contribution in [0.15, 0.2) is 6.07 Å². The van der Waals surface area contributed by atoms with Gasteiger partial charge in [-0.1, -0.05) is 13.3 Å². The fourth-order valence-corrected chi connectivity index (χ4v) is 2.12. The predicted molar refractivity (Wildman–Crippen MR) is 68.4 cm³/mol. The highest BCUT2D eigenvalue weighted by Crippen LogP contribution is 2.13. The molecule has 1 saturated heterocycles. The van der Waals surface area contributed by atoms with Crippen LogP contribution in [0.5, 0.6) is 0 Å². The Balaban J connectivity index is 1.86. The Labute approximate surface area is 106 Å². The molecule has 6 heteroatoms. The maximum absolute atomic E-state index is 12.0. The summed E-state index contributed by atoms with van der Waals surface area (Å²) in [6.07, 6.45) is 2.82.